The minimum absolute atomic E-state index is 0.751. The van der Waals surface area contributed by atoms with Crippen molar-refractivity contribution in [2.24, 2.45) is 0 Å². The molecule has 1 heterocycles. The van der Waals surface area contributed by atoms with E-state index in [4.69, 9.17) is 0 Å². The summed E-state index contributed by atoms with van der Waals surface area (Å²) < 4.78 is 3.14. The monoisotopic (exact) mass is 320 g/mol. The van der Waals surface area contributed by atoms with E-state index in [0.29, 0.717) is 0 Å². The number of thiophene rings is 1. The van der Waals surface area contributed by atoms with Gasteiger partial charge in [0.1, 0.15) is 0 Å². The number of hydrogen-bond donors (Lipinski definition) is 1. The van der Waals surface area contributed by atoms with E-state index >= 15 is 0 Å². The van der Waals surface area contributed by atoms with Gasteiger partial charge in [-0.05, 0) is 22.6 Å². The van der Waals surface area contributed by atoms with E-state index in [9.17, 15) is 4.79 Å². The Bertz CT molecular complexity index is 476. The molecule has 1 aromatic carbocycles. The quantitative estimate of drug-likeness (QED) is 0.483. The number of rotatable bonds is 1. The molecule has 0 saturated carbocycles. The summed E-state index contributed by atoms with van der Waals surface area (Å²) in [4.78, 5) is 10.7. The summed E-state index contributed by atoms with van der Waals surface area (Å²) in [7, 11) is 0. The number of thiol groups is 1. The zero-order chi connectivity index (χ0) is 9.42. The van der Waals surface area contributed by atoms with E-state index in [1.807, 2.05) is 18.2 Å². The number of fused-ring (bicyclic) bond motifs is 1. The van der Waals surface area contributed by atoms with Crippen LogP contribution in [0, 0.1) is 3.57 Å². The topological polar surface area (TPSA) is 17.1 Å². The van der Waals surface area contributed by atoms with Crippen molar-refractivity contribution in [2.75, 3.05) is 0 Å². The third-order valence-electron chi connectivity index (χ3n) is 1.80. The number of benzene rings is 1. The summed E-state index contributed by atoms with van der Waals surface area (Å²) in [5.74, 6) is 0. The van der Waals surface area contributed by atoms with E-state index in [0.717, 1.165) is 29.7 Å². The molecule has 2 rings (SSSR count). The highest BCUT2D eigenvalue weighted by molar-refractivity contribution is 14.1. The predicted octanol–water partition coefficient (Wildman–Crippen LogP) is 3.61. The van der Waals surface area contributed by atoms with Gasteiger partial charge in [-0.1, -0.05) is 18.2 Å². The first kappa shape index (κ1) is 9.48. The maximum absolute atomic E-state index is 10.7. The van der Waals surface area contributed by atoms with Crippen LogP contribution >= 0.6 is 46.6 Å². The third-order valence-corrected chi connectivity index (χ3v) is 5.26. The van der Waals surface area contributed by atoms with Gasteiger partial charge in [-0.3, -0.25) is 4.79 Å². The maximum atomic E-state index is 10.7. The van der Waals surface area contributed by atoms with Crippen molar-refractivity contribution in [1.29, 1.82) is 0 Å². The SMILES string of the molecule is O=Cc1cccc2c(I)c(S)sc12. The van der Waals surface area contributed by atoms with Crippen LogP contribution in [-0.2, 0) is 0 Å². The summed E-state index contributed by atoms with van der Waals surface area (Å²) in [6.07, 6.45) is 0.891. The summed E-state index contributed by atoms with van der Waals surface area (Å²) in [6, 6.07) is 5.74. The Morgan fingerprint density at radius 1 is 1.46 bits per heavy atom. The average molecular weight is 320 g/mol. The van der Waals surface area contributed by atoms with Crippen molar-refractivity contribution in [3.8, 4) is 0 Å². The van der Waals surface area contributed by atoms with Gasteiger partial charge in [0, 0.05) is 19.2 Å². The van der Waals surface area contributed by atoms with Gasteiger partial charge in [-0.15, -0.1) is 24.0 Å². The molecule has 0 amide bonds. The summed E-state index contributed by atoms with van der Waals surface area (Å²) in [5.41, 5.74) is 0.751. The first-order valence-electron chi connectivity index (χ1n) is 3.59. The Morgan fingerprint density at radius 2 is 2.23 bits per heavy atom. The van der Waals surface area contributed by atoms with E-state index in [-0.39, 0.29) is 0 Å². The van der Waals surface area contributed by atoms with Gasteiger partial charge < -0.3 is 0 Å². The van der Waals surface area contributed by atoms with Crippen molar-refractivity contribution in [3.05, 3.63) is 27.3 Å². The summed E-state index contributed by atoms with van der Waals surface area (Å²) in [5, 5.41) is 1.13. The van der Waals surface area contributed by atoms with Crippen molar-refractivity contribution < 1.29 is 4.79 Å². The average Bonchev–Trinajstić information content (AvgIpc) is 2.43. The van der Waals surface area contributed by atoms with Crippen LogP contribution in [-0.4, -0.2) is 6.29 Å². The van der Waals surface area contributed by atoms with E-state index in [1.54, 1.807) is 11.3 Å². The zero-order valence-electron chi connectivity index (χ0n) is 6.45. The molecule has 0 aliphatic heterocycles. The van der Waals surface area contributed by atoms with Gasteiger partial charge in [-0.2, -0.15) is 0 Å². The molecule has 2 aromatic rings. The molecule has 0 spiro atoms. The molecule has 13 heavy (non-hydrogen) atoms. The van der Waals surface area contributed by atoms with Gasteiger partial charge >= 0.3 is 0 Å². The van der Waals surface area contributed by atoms with Gasteiger partial charge in [0.25, 0.3) is 0 Å². The molecule has 0 aliphatic carbocycles. The van der Waals surface area contributed by atoms with Crippen LogP contribution in [0.4, 0.5) is 0 Å². The lowest BCUT2D eigenvalue weighted by Gasteiger charge is -1.92. The van der Waals surface area contributed by atoms with Crippen molar-refractivity contribution in [1.82, 2.24) is 0 Å². The normalized spacial score (nSPS) is 10.6. The highest BCUT2D eigenvalue weighted by Gasteiger charge is 2.09. The van der Waals surface area contributed by atoms with Gasteiger partial charge in [0.05, 0.1) is 4.21 Å². The minimum atomic E-state index is 0.751. The molecule has 0 N–H and O–H groups in total. The molecule has 1 aromatic heterocycles. The van der Waals surface area contributed by atoms with Crippen LogP contribution in [0.2, 0.25) is 0 Å². The fourth-order valence-electron chi connectivity index (χ4n) is 1.19. The first-order chi connectivity index (χ1) is 6.24. The molecule has 1 nitrogen and oxygen atoms in total. The number of aldehydes is 1. The molecule has 0 aliphatic rings. The number of carbonyl (C=O) groups excluding carboxylic acids is 1. The lowest BCUT2D eigenvalue weighted by molar-refractivity contribution is 0.112. The largest absolute Gasteiger partial charge is 0.298 e. The van der Waals surface area contributed by atoms with Crippen LogP contribution in [0.25, 0.3) is 10.1 Å². The Kier molecular flexibility index (Phi) is 2.62. The Morgan fingerprint density at radius 3 is 2.92 bits per heavy atom. The molecule has 0 radical (unpaired) electrons. The second kappa shape index (κ2) is 3.59. The molecule has 66 valence electrons. The lowest BCUT2D eigenvalue weighted by atomic mass is 10.2. The smallest absolute Gasteiger partial charge is 0.151 e. The Balaban J connectivity index is 2.92. The van der Waals surface area contributed by atoms with Gasteiger partial charge in [-0.25, -0.2) is 0 Å². The van der Waals surface area contributed by atoms with E-state index in [1.165, 1.54) is 0 Å². The molecule has 0 bridgehead atoms. The van der Waals surface area contributed by atoms with Crippen LogP contribution in [0.15, 0.2) is 22.4 Å². The molecule has 4 heteroatoms. The second-order valence-corrected chi connectivity index (χ2v) is 5.41. The zero-order valence-corrected chi connectivity index (χ0v) is 10.3. The number of carbonyl (C=O) groups is 1. The van der Waals surface area contributed by atoms with Crippen LogP contribution < -0.4 is 0 Å². The fraction of sp³-hybridized carbons (Fsp3) is 0. The van der Waals surface area contributed by atoms with Crippen molar-refractivity contribution >= 4 is 62.9 Å². The Labute approximate surface area is 98.7 Å². The summed E-state index contributed by atoms with van der Waals surface area (Å²) >= 11 is 8.14. The molecule has 0 atom stereocenters. The third kappa shape index (κ3) is 1.51. The lowest BCUT2D eigenvalue weighted by Crippen LogP contribution is -1.77. The molecular formula is C9H5IOS2. The number of hydrogen-bond acceptors (Lipinski definition) is 3. The predicted molar refractivity (Wildman–Crippen MR) is 67.2 cm³/mol. The Hall–Kier alpha value is -0.0700. The minimum Gasteiger partial charge on any atom is -0.298 e. The molecule has 0 saturated heterocycles. The fourth-order valence-corrected chi connectivity index (χ4v) is 3.46. The molecule has 0 fully saturated rings. The van der Waals surface area contributed by atoms with Crippen molar-refractivity contribution in [3.63, 3.8) is 0 Å². The summed E-state index contributed by atoms with van der Waals surface area (Å²) in [6.45, 7) is 0. The van der Waals surface area contributed by atoms with Crippen LogP contribution in [0.3, 0.4) is 0 Å². The first-order valence-corrected chi connectivity index (χ1v) is 5.93. The van der Waals surface area contributed by atoms with E-state index < -0.39 is 0 Å². The maximum Gasteiger partial charge on any atom is 0.151 e. The van der Waals surface area contributed by atoms with Crippen LogP contribution in [0.5, 0.6) is 0 Å². The van der Waals surface area contributed by atoms with E-state index in [2.05, 4.69) is 35.2 Å². The van der Waals surface area contributed by atoms with Gasteiger partial charge in [0.2, 0.25) is 0 Å². The van der Waals surface area contributed by atoms with Crippen molar-refractivity contribution in [2.45, 2.75) is 4.21 Å². The standard InChI is InChI=1S/C9H5IOS2/c10-7-6-3-1-2-5(4-11)8(6)13-9(7)12/h1-4,12H. The second-order valence-electron chi connectivity index (χ2n) is 2.56. The molecule has 0 unspecified atom stereocenters. The van der Waals surface area contributed by atoms with Crippen LogP contribution in [0.1, 0.15) is 10.4 Å². The molecular weight excluding hydrogens is 315 g/mol. The highest BCUT2D eigenvalue weighted by Crippen LogP contribution is 2.36. The highest BCUT2D eigenvalue weighted by atomic mass is 127. The van der Waals surface area contributed by atoms with Gasteiger partial charge in [0.15, 0.2) is 6.29 Å². The number of halogens is 1.